The van der Waals surface area contributed by atoms with Crippen LogP contribution in [0.5, 0.6) is 0 Å². The lowest BCUT2D eigenvalue weighted by atomic mass is 10.2. The summed E-state index contributed by atoms with van der Waals surface area (Å²) in [5.41, 5.74) is 0.765. The molecule has 0 saturated carbocycles. The molecule has 3 aromatic heterocycles. The van der Waals surface area contributed by atoms with Crippen LogP contribution in [0.4, 0.5) is 0 Å². The summed E-state index contributed by atoms with van der Waals surface area (Å²) in [6.45, 7) is 2.30. The normalized spacial score (nSPS) is 11.3. The number of hydrogen-bond acceptors (Lipinski definition) is 5. The standard InChI is InChI=1S/C18H14ClN3O2S/c1-2-13-7-14-17(25-13)21-10-22(18(14)23)9-16-20-8-15(24-16)11-4-3-5-12(19)6-11/h3-8,10H,2,9H2,1H3. The molecular weight excluding hydrogens is 358 g/mol. The quantitative estimate of drug-likeness (QED) is 0.534. The molecule has 0 aliphatic carbocycles. The van der Waals surface area contributed by atoms with Crippen LogP contribution < -0.4 is 5.56 Å². The Morgan fingerprint density at radius 1 is 1.28 bits per heavy atom. The van der Waals surface area contributed by atoms with Crippen molar-refractivity contribution in [1.29, 1.82) is 0 Å². The van der Waals surface area contributed by atoms with Crippen molar-refractivity contribution in [2.75, 3.05) is 0 Å². The van der Waals surface area contributed by atoms with Gasteiger partial charge in [0.05, 0.1) is 17.9 Å². The van der Waals surface area contributed by atoms with Gasteiger partial charge in [-0.1, -0.05) is 30.7 Å². The summed E-state index contributed by atoms with van der Waals surface area (Å²) >= 11 is 7.56. The number of fused-ring (bicyclic) bond motifs is 1. The summed E-state index contributed by atoms with van der Waals surface area (Å²) in [6, 6.07) is 9.27. The predicted octanol–water partition coefficient (Wildman–Crippen LogP) is 4.38. The molecule has 4 aromatic rings. The first kappa shape index (κ1) is 16.1. The molecule has 0 aliphatic heterocycles. The van der Waals surface area contributed by atoms with Gasteiger partial charge in [0.25, 0.3) is 5.56 Å². The number of oxazole rings is 1. The van der Waals surface area contributed by atoms with Gasteiger partial charge in [-0.3, -0.25) is 9.36 Å². The number of halogens is 1. The van der Waals surface area contributed by atoms with Gasteiger partial charge < -0.3 is 4.42 Å². The van der Waals surface area contributed by atoms with E-state index in [1.54, 1.807) is 29.9 Å². The molecule has 0 unspecified atom stereocenters. The molecule has 3 heterocycles. The largest absolute Gasteiger partial charge is 0.439 e. The molecule has 25 heavy (non-hydrogen) atoms. The number of hydrogen-bond donors (Lipinski definition) is 0. The van der Waals surface area contributed by atoms with Gasteiger partial charge in [0.1, 0.15) is 11.4 Å². The van der Waals surface area contributed by atoms with Gasteiger partial charge in [-0.25, -0.2) is 9.97 Å². The van der Waals surface area contributed by atoms with Crippen molar-refractivity contribution in [3.63, 3.8) is 0 Å². The van der Waals surface area contributed by atoms with Gasteiger partial charge in [-0.05, 0) is 24.6 Å². The average molecular weight is 372 g/mol. The maximum Gasteiger partial charge on any atom is 0.262 e. The van der Waals surface area contributed by atoms with Crippen LogP contribution in [-0.2, 0) is 13.0 Å². The van der Waals surface area contributed by atoms with Crippen molar-refractivity contribution < 1.29 is 4.42 Å². The lowest BCUT2D eigenvalue weighted by molar-refractivity contribution is 0.484. The van der Waals surface area contributed by atoms with Crippen LogP contribution in [0.2, 0.25) is 5.02 Å². The number of rotatable bonds is 4. The highest BCUT2D eigenvalue weighted by Gasteiger charge is 2.12. The zero-order valence-corrected chi connectivity index (χ0v) is 15.0. The molecule has 126 valence electrons. The van der Waals surface area contributed by atoms with Crippen LogP contribution in [-0.4, -0.2) is 14.5 Å². The van der Waals surface area contributed by atoms with E-state index in [0.29, 0.717) is 22.1 Å². The minimum absolute atomic E-state index is 0.0801. The molecule has 0 saturated heterocycles. The van der Waals surface area contributed by atoms with Crippen molar-refractivity contribution in [2.45, 2.75) is 19.9 Å². The second kappa shape index (κ2) is 6.46. The van der Waals surface area contributed by atoms with Gasteiger partial charge in [0.15, 0.2) is 5.76 Å². The summed E-state index contributed by atoms with van der Waals surface area (Å²) in [5, 5.41) is 1.27. The summed E-state index contributed by atoms with van der Waals surface area (Å²) in [7, 11) is 0. The fraction of sp³-hybridized carbons (Fsp3) is 0.167. The van der Waals surface area contributed by atoms with Crippen molar-refractivity contribution in [1.82, 2.24) is 14.5 Å². The van der Waals surface area contributed by atoms with Crippen LogP contribution >= 0.6 is 22.9 Å². The Morgan fingerprint density at radius 3 is 2.96 bits per heavy atom. The van der Waals surface area contributed by atoms with Crippen molar-refractivity contribution in [3.8, 4) is 11.3 Å². The Balaban J connectivity index is 1.66. The molecule has 0 atom stereocenters. The molecule has 0 bridgehead atoms. The molecule has 5 nitrogen and oxygen atoms in total. The first-order valence-corrected chi connectivity index (χ1v) is 9.02. The zero-order valence-electron chi connectivity index (χ0n) is 13.4. The van der Waals surface area contributed by atoms with E-state index in [0.717, 1.165) is 21.7 Å². The van der Waals surface area contributed by atoms with Crippen LogP contribution in [0.15, 0.2) is 52.1 Å². The van der Waals surface area contributed by atoms with E-state index in [9.17, 15) is 4.79 Å². The average Bonchev–Trinajstić information content (AvgIpc) is 3.24. The molecule has 0 spiro atoms. The number of benzene rings is 1. The topological polar surface area (TPSA) is 60.9 Å². The summed E-state index contributed by atoms with van der Waals surface area (Å²) in [6.07, 6.45) is 4.07. The van der Waals surface area contributed by atoms with Crippen LogP contribution in [0.3, 0.4) is 0 Å². The fourth-order valence-electron chi connectivity index (χ4n) is 2.60. The maximum atomic E-state index is 12.6. The highest BCUT2D eigenvalue weighted by molar-refractivity contribution is 7.18. The summed E-state index contributed by atoms with van der Waals surface area (Å²) < 4.78 is 7.28. The van der Waals surface area contributed by atoms with Crippen LogP contribution in [0.1, 0.15) is 17.7 Å². The van der Waals surface area contributed by atoms with E-state index in [2.05, 4.69) is 16.9 Å². The number of aromatic nitrogens is 3. The van der Waals surface area contributed by atoms with Gasteiger partial charge in [0, 0.05) is 15.5 Å². The molecule has 0 fully saturated rings. The van der Waals surface area contributed by atoms with E-state index < -0.39 is 0 Å². The first-order valence-electron chi connectivity index (χ1n) is 7.82. The Morgan fingerprint density at radius 2 is 2.16 bits per heavy atom. The number of aryl methyl sites for hydroxylation is 1. The van der Waals surface area contributed by atoms with E-state index in [1.165, 1.54) is 4.57 Å². The second-order valence-electron chi connectivity index (χ2n) is 5.59. The van der Waals surface area contributed by atoms with Crippen LogP contribution in [0, 0.1) is 0 Å². The van der Waals surface area contributed by atoms with Crippen molar-refractivity contribution >= 4 is 33.2 Å². The van der Waals surface area contributed by atoms with E-state index in [-0.39, 0.29) is 12.1 Å². The Kier molecular flexibility index (Phi) is 4.15. The zero-order chi connectivity index (χ0) is 17.4. The molecular formula is C18H14ClN3O2S. The third-order valence-corrected chi connectivity index (χ3v) is 5.31. The minimum Gasteiger partial charge on any atom is -0.439 e. The molecule has 4 rings (SSSR count). The van der Waals surface area contributed by atoms with Crippen molar-refractivity contribution in [2.24, 2.45) is 0 Å². The molecule has 0 N–H and O–H groups in total. The van der Waals surface area contributed by atoms with Crippen molar-refractivity contribution in [3.05, 3.63) is 69.0 Å². The lowest BCUT2D eigenvalue weighted by Crippen LogP contribution is -2.20. The minimum atomic E-state index is -0.0801. The highest BCUT2D eigenvalue weighted by Crippen LogP contribution is 2.24. The molecule has 0 aliphatic rings. The molecule has 0 radical (unpaired) electrons. The number of thiophene rings is 1. The molecule has 1 aromatic carbocycles. The van der Waals surface area contributed by atoms with Gasteiger partial charge in [0.2, 0.25) is 5.89 Å². The molecule has 7 heteroatoms. The Bertz CT molecular complexity index is 1110. The van der Waals surface area contributed by atoms with Crippen LogP contribution in [0.25, 0.3) is 21.5 Å². The lowest BCUT2D eigenvalue weighted by Gasteiger charge is -2.01. The highest BCUT2D eigenvalue weighted by atomic mass is 35.5. The number of nitrogens with zero attached hydrogens (tertiary/aromatic N) is 3. The van der Waals surface area contributed by atoms with Gasteiger partial charge in [-0.15, -0.1) is 11.3 Å². The second-order valence-corrected chi connectivity index (χ2v) is 7.14. The van der Waals surface area contributed by atoms with E-state index >= 15 is 0 Å². The summed E-state index contributed by atoms with van der Waals surface area (Å²) in [4.78, 5) is 23.2. The third kappa shape index (κ3) is 3.10. The Labute approximate surface area is 152 Å². The molecule has 0 amide bonds. The monoisotopic (exact) mass is 371 g/mol. The maximum absolute atomic E-state index is 12.6. The SMILES string of the molecule is CCc1cc2c(=O)n(Cc3ncc(-c4cccc(Cl)c4)o3)cnc2s1. The Hall–Kier alpha value is -2.44. The predicted molar refractivity (Wildman–Crippen MR) is 99.3 cm³/mol. The first-order chi connectivity index (χ1) is 12.1. The van der Waals surface area contributed by atoms with E-state index in [1.807, 2.05) is 24.3 Å². The third-order valence-electron chi connectivity index (χ3n) is 3.89. The fourth-order valence-corrected chi connectivity index (χ4v) is 3.72. The van der Waals surface area contributed by atoms with Gasteiger partial charge >= 0.3 is 0 Å². The summed E-state index contributed by atoms with van der Waals surface area (Å²) in [5.74, 6) is 1.06. The van der Waals surface area contributed by atoms with Gasteiger partial charge in [-0.2, -0.15) is 0 Å². The smallest absolute Gasteiger partial charge is 0.262 e. The van der Waals surface area contributed by atoms with E-state index in [4.69, 9.17) is 16.0 Å².